The summed E-state index contributed by atoms with van der Waals surface area (Å²) in [7, 11) is -3.96. The Morgan fingerprint density at radius 1 is 0.902 bits per heavy atom. The van der Waals surface area contributed by atoms with Crippen molar-refractivity contribution in [3.8, 4) is 5.69 Å². The van der Waals surface area contributed by atoms with Gasteiger partial charge in [0.25, 0.3) is 0 Å². The molecule has 1 N–H and O–H groups in total. The number of hydrogen-bond acceptors (Lipinski definition) is 5. The first-order valence-corrected chi connectivity index (χ1v) is 16.3. The van der Waals surface area contributed by atoms with Crippen LogP contribution in [0.5, 0.6) is 0 Å². The van der Waals surface area contributed by atoms with Gasteiger partial charge in [-0.1, -0.05) is 93.4 Å². The molecule has 1 unspecified atom stereocenters. The van der Waals surface area contributed by atoms with Crippen LogP contribution < -0.4 is 4.72 Å². The SMILES string of the molecule is O=S(=O)(NC(Cc1ccccc1)c1nnc(SCc2ccc(F)cc2)n1-c1ccc(Cl)cc1Cl)c1ccc(Br)cc1. The van der Waals surface area contributed by atoms with Crippen LogP contribution in [-0.4, -0.2) is 23.2 Å². The van der Waals surface area contributed by atoms with Crippen molar-refractivity contribution in [1.82, 2.24) is 19.5 Å². The van der Waals surface area contributed by atoms with Gasteiger partial charge in [0, 0.05) is 15.2 Å². The molecular formula is C29H22BrCl2FN4O2S2. The minimum atomic E-state index is -3.96. The number of thioether (sulfide) groups is 1. The molecular weight excluding hydrogens is 670 g/mol. The average Bonchev–Trinajstić information content (AvgIpc) is 3.37. The Morgan fingerprint density at radius 3 is 2.29 bits per heavy atom. The quantitative estimate of drug-likeness (QED) is 0.150. The van der Waals surface area contributed by atoms with Crippen LogP contribution in [0.1, 0.15) is 23.0 Å². The summed E-state index contributed by atoms with van der Waals surface area (Å²) in [6.07, 6.45) is 0.294. The third-order valence-corrected chi connectivity index (χ3v) is 9.66. The van der Waals surface area contributed by atoms with Crippen molar-refractivity contribution in [1.29, 1.82) is 0 Å². The third kappa shape index (κ3) is 7.38. The summed E-state index contributed by atoms with van der Waals surface area (Å²) < 4.78 is 45.9. The standard InChI is InChI=1S/C29H22BrCl2FN4O2S2/c30-21-8-13-24(14-9-21)41(38,39)36-26(16-19-4-2-1-3-5-19)28-34-35-29(40-18-20-6-11-23(33)12-7-20)37(28)27-15-10-22(31)17-25(27)32/h1-15,17,26,36H,16,18H2. The summed E-state index contributed by atoms with van der Waals surface area (Å²) in [5.41, 5.74) is 2.32. The molecule has 12 heteroatoms. The van der Waals surface area contributed by atoms with Crippen molar-refractivity contribution in [3.63, 3.8) is 0 Å². The lowest BCUT2D eigenvalue weighted by Gasteiger charge is -2.21. The largest absolute Gasteiger partial charge is 0.271 e. The first-order chi connectivity index (χ1) is 19.7. The summed E-state index contributed by atoms with van der Waals surface area (Å²) in [5.74, 6) is 0.497. The topological polar surface area (TPSA) is 76.9 Å². The van der Waals surface area contributed by atoms with E-state index in [-0.39, 0.29) is 10.7 Å². The monoisotopic (exact) mass is 690 g/mol. The van der Waals surface area contributed by atoms with Gasteiger partial charge in [0.1, 0.15) is 5.82 Å². The fourth-order valence-electron chi connectivity index (χ4n) is 4.12. The Kier molecular flexibility index (Phi) is 9.48. The number of rotatable bonds is 10. The van der Waals surface area contributed by atoms with Crippen LogP contribution >= 0.6 is 50.9 Å². The smallest absolute Gasteiger partial charge is 0.241 e. The lowest BCUT2D eigenvalue weighted by Crippen LogP contribution is -2.32. The molecule has 1 heterocycles. The average molecular weight is 692 g/mol. The fourth-order valence-corrected chi connectivity index (χ4v) is 6.98. The Hall–Kier alpha value is -2.73. The Labute approximate surface area is 260 Å². The molecule has 1 atom stereocenters. The maximum Gasteiger partial charge on any atom is 0.241 e. The molecule has 0 amide bonds. The van der Waals surface area contributed by atoms with Gasteiger partial charge in [-0.25, -0.2) is 17.5 Å². The molecule has 5 aromatic rings. The van der Waals surface area contributed by atoms with E-state index in [0.717, 1.165) is 15.6 Å². The summed E-state index contributed by atoms with van der Waals surface area (Å²) in [5, 5.41) is 10.2. The molecule has 0 spiro atoms. The van der Waals surface area contributed by atoms with Crippen LogP contribution in [0.4, 0.5) is 4.39 Å². The van der Waals surface area contributed by atoms with E-state index in [1.165, 1.54) is 36.0 Å². The second-order valence-corrected chi connectivity index (χ2v) is 13.4. The molecule has 41 heavy (non-hydrogen) atoms. The zero-order valence-corrected chi connectivity index (χ0v) is 25.9. The van der Waals surface area contributed by atoms with E-state index in [1.54, 1.807) is 47.0 Å². The minimum Gasteiger partial charge on any atom is -0.271 e. The van der Waals surface area contributed by atoms with Crippen LogP contribution in [0.3, 0.4) is 0 Å². The van der Waals surface area contributed by atoms with Gasteiger partial charge in [-0.15, -0.1) is 10.2 Å². The highest BCUT2D eigenvalue weighted by molar-refractivity contribution is 9.10. The number of hydrogen-bond donors (Lipinski definition) is 1. The lowest BCUT2D eigenvalue weighted by molar-refractivity contribution is 0.537. The van der Waals surface area contributed by atoms with E-state index < -0.39 is 16.1 Å². The molecule has 0 fully saturated rings. The maximum absolute atomic E-state index is 13.6. The number of benzene rings is 4. The lowest BCUT2D eigenvalue weighted by atomic mass is 10.1. The number of sulfonamides is 1. The van der Waals surface area contributed by atoms with Crippen LogP contribution in [0.25, 0.3) is 5.69 Å². The zero-order valence-electron chi connectivity index (χ0n) is 21.2. The molecule has 0 saturated carbocycles. The van der Waals surface area contributed by atoms with Gasteiger partial charge < -0.3 is 0 Å². The highest BCUT2D eigenvalue weighted by atomic mass is 79.9. The second-order valence-electron chi connectivity index (χ2n) is 9.00. The van der Waals surface area contributed by atoms with Crippen molar-refractivity contribution in [3.05, 3.63) is 134 Å². The van der Waals surface area contributed by atoms with E-state index in [2.05, 4.69) is 30.8 Å². The van der Waals surface area contributed by atoms with Crippen molar-refractivity contribution in [2.24, 2.45) is 0 Å². The molecule has 0 aliphatic rings. The molecule has 5 rings (SSSR count). The zero-order chi connectivity index (χ0) is 29.0. The van der Waals surface area contributed by atoms with Crippen molar-refractivity contribution in [2.45, 2.75) is 28.3 Å². The fraction of sp³-hybridized carbons (Fsp3) is 0.103. The molecule has 0 bridgehead atoms. The van der Waals surface area contributed by atoms with Crippen LogP contribution in [0.2, 0.25) is 10.0 Å². The van der Waals surface area contributed by atoms with Gasteiger partial charge in [-0.05, 0) is 72.1 Å². The van der Waals surface area contributed by atoms with E-state index in [4.69, 9.17) is 23.2 Å². The van der Waals surface area contributed by atoms with E-state index in [0.29, 0.717) is 38.9 Å². The molecule has 0 saturated heterocycles. The highest BCUT2D eigenvalue weighted by Gasteiger charge is 2.29. The van der Waals surface area contributed by atoms with Crippen molar-refractivity contribution >= 4 is 60.9 Å². The second kappa shape index (κ2) is 13.1. The molecule has 0 aliphatic heterocycles. The summed E-state index contributed by atoms with van der Waals surface area (Å²) in [6, 6.07) is 26.3. The van der Waals surface area contributed by atoms with Gasteiger partial charge >= 0.3 is 0 Å². The molecule has 6 nitrogen and oxygen atoms in total. The first-order valence-electron chi connectivity index (χ1n) is 12.3. The Morgan fingerprint density at radius 2 is 1.61 bits per heavy atom. The Balaban J connectivity index is 1.59. The van der Waals surface area contributed by atoms with Gasteiger partial charge in [-0.3, -0.25) is 4.57 Å². The van der Waals surface area contributed by atoms with Gasteiger partial charge in [0.15, 0.2) is 11.0 Å². The van der Waals surface area contributed by atoms with Crippen LogP contribution in [-0.2, 0) is 22.2 Å². The van der Waals surface area contributed by atoms with Gasteiger partial charge in [0.2, 0.25) is 10.0 Å². The summed E-state index contributed by atoms with van der Waals surface area (Å²) in [4.78, 5) is 0.111. The predicted octanol–water partition coefficient (Wildman–Crippen LogP) is 8.03. The number of aromatic nitrogens is 3. The van der Waals surface area contributed by atoms with Gasteiger partial charge in [-0.2, -0.15) is 0 Å². The van der Waals surface area contributed by atoms with Gasteiger partial charge in [0.05, 0.1) is 21.6 Å². The van der Waals surface area contributed by atoms with E-state index in [1.807, 2.05) is 30.3 Å². The number of halogens is 4. The van der Waals surface area contributed by atoms with Crippen LogP contribution in [0.15, 0.2) is 112 Å². The normalized spacial score (nSPS) is 12.4. The van der Waals surface area contributed by atoms with E-state index >= 15 is 0 Å². The first kappa shape index (κ1) is 29.8. The summed E-state index contributed by atoms with van der Waals surface area (Å²) in [6.45, 7) is 0. The van der Waals surface area contributed by atoms with Crippen molar-refractivity contribution < 1.29 is 12.8 Å². The molecule has 210 valence electrons. The number of nitrogens with zero attached hydrogens (tertiary/aromatic N) is 3. The highest BCUT2D eigenvalue weighted by Crippen LogP contribution is 2.34. The molecule has 0 aliphatic carbocycles. The molecule has 0 radical (unpaired) electrons. The third-order valence-electron chi connectivity index (χ3n) is 6.11. The molecule has 4 aromatic carbocycles. The predicted molar refractivity (Wildman–Crippen MR) is 165 cm³/mol. The van der Waals surface area contributed by atoms with E-state index in [9.17, 15) is 12.8 Å². The Bertz CT molecular complexity index is 1750. The summed E-state index contributed by atoms with van der Waals surface area (Å²) >= 11 is 17.6. The minimum absolute atomic E-state index is 0.111. The number of nitrogens with one attached hydrogen (secondary N) is 1. The maximum atomic E-state index is 13.6. The van der Waals surface area contributed by atoms with Crippen LogP contribution in [0, 0.1) is 5.82 Å². The van der Waals surface area contributed by atoms with Crippen molar-refractivity contribution in [2.75, 3.05) is 0 Å². The molecule has 1 aromatic heterocycles.